The third-order valence-electron chi connectivity index (χ3n) is 8.21. The van der Waals surface area contributed by atoms with Crippen LogP contribution < -0.4 is 4.90 Å². The highest BCUT2D eigenvalue weighted by Gasteiger charge is 2.16. The predicted octanol–water partition coefficient (Wildman–Crippen LogP) is 6.88. The monoisotopic (exact) mass is 524 g/mol. The lowest BCUT2D eigenvalue weighted by Crippen LogP contribution is -2.44. The van der Waals surface area contributed by atoms with Crippen LogP contribution in [0.4, 0.5) is 5.69 Å². The molecule has 5 nitrogen and oxygen atoms in total. The zero-order valence-electron chi connectivity index (χ0n) is 22.6. The molecule has 7 rings (SSSR count). The molecule has 0 saturated carbocycles. The number of piperazine rings is 1. The first-order chi connectivity index (χ1) is 19.6. The van der Waals surface area contributed by atoms with Crippen molar-refractivity contribution in [2.45, 2.75) is 6.10 Å². The van der Waals surface area contributed by atoms with Gasteiger partial charge in [-0.1, -0.05) is 72.8 Å². The summed E-state index contributed by atoms with van der Waals surface area (Å²) in [5.41, 5.74) is 9.63. The Hall–Kier alpha value is -4.45. The lowest BCUT2D eigenvalue weighted by Gasteiger charge is -2.34. The molecule has 40 heavy (non-hydrogen) atoms. The first-order valence-electron chi connectivity index (χ1n) is 13.9. The van der Waals surface area contributed by atoms with Crippen LogP contribution in [0.3, 0.4) is 0 Å². The number of fused-ring (bicyclic) bond motifs is 3. The topological polar surface area (TPSA) is 55.4 Å². The smallest absolute Gasteiger partial charge is 0.138 e. The van der Waals surface area contributed by atoms with E-state index in [1.54, 1.807) is 0 Å². The lowest BCUT2D eigenvalue weighted by atomic mass is 9.96. The second-order valence-electron chi connectivity index (χ2n) is 10.7. The van der Waals surface area contributed by atoms with E-state index in [-0.39, 0.29) is 0 Å². The van der Waals surface area contributed by atoms with Crippen molar-refractivity contribution in [2.24, 2.45) is 0 Å². The van der Waals surface area contributed by atoms with Crippen LogP contribution in [0.25, 0.3) is 44.2 Å². The number of aromatic nitrogens is 2. The SMILES string of the molecule is CN1CCN(c2ccc(-c3ccc4[nH]c5nccc(-c6ccc(C(O)c7ccccc7)cc6)c5c4c3)cc2)CC1. The summed E-state index contributed by atoms with van der Waals surface area (Å²) in [4.78, 5) is 13.0. The van der Waals surface area contributed by atoms with Crippen LogP contribution >= 0.6 is 0 Å². The van der Waals surface area contributed by atoms with Crippen LogP contribution in [0.15, 0.2) is 109 Å². The van der Waals surface area contributed by atoms with Crippen LogP contribution in [0, 0.1) is 0 Å². The van der Waals surface area contributed by atoms with Gasteiger partial charge in [0.25, 0.3) is 0 Å². The van der Waals surface area contributed by atoms with Crippen molar-refractivity contribution < 1.29 is 5.11 Å². The number of pyridine rings is 1. The van der Waals surface area contributed by atoms with E-state index in [0.717, 1.165) is 70.4 Å². The van der Waals surface area contributed by atoms with Crippen LogP contribution in [0.1, 0.15) is 17.2 Å². The Kier molecular flexibility index (Phi) is 6.31. The molecule has 1 saturated heterocycles. The molecule has 0 bridgehead atoms. The Balaban J connectivity index is 1.23. The number of benzene rings is 4. The number of aliphatic hydroxyl groups excluding tert-OH is 1. The highest BCUT2D eigenvalue weighted by atomic mass is 16.3. The third-order valence-corrected chi connectivity index (χ3v) is 8.21. The number of aromatic amines is 1. The molecule has 4 aromatic carbocycles. The normalized spacial score (nSPS) is 15.1. The van der Waals surface area contributed by atoms with Gasteiger partial charge in [-0.25, -0.2) is 4.98 Å². The molecule has 2 aromatic heterocycles. The maximum atomic E-state index is 10.9. The Labute approximate surface area is 234 Å². The van der Waals surface area contributed by atoms with E-state index in [0.29, 0.717) is 0 Å². The van der Waals surface area contributed by atoms with Crippen molar-refractivity contribution in [3.05, 3.63) is 120 Å². The van der Waals surface area contributed by atoms with E-state index in [1.165, 1.54) is 16.8 Å². The van der Waals surface area contributed by atoms with E-state index in [4.69, 9.17) is 0 Å². The number of nitrogens with one attached hydrogen (secondary N) is 1. The van der Waals surface area contributed by atoms with Gasteiger partial charge < -0.3 is 19.9 Å². The second kappa shape index (κ2) is 10.3. The quantitative estimate of drug-likeness (QED) is 0.258. The van der Waals surface area contributed by atoms with Crippen molar-refractivity contribution in [3.8, 4) is 22.3 Å². The molecule has 0 aliphatic carbocycles. The van der Waals surface area contributed by atoms with E-state index < -0.39 is 6.10 Å². The van der Waals surface area contributed by atoms with Gasteiger partial charge in [0.1, 0.15) is 11.8 Å². The largest absolute Gasteiger partial charge is 0.384 e. The summed E-state index contributed by atoms with van der Waals surface area (Å²) in [5.74, 6) is 0. The average Bonchev–Trinajstić information content (AvgIpc) is 3.40. The van der Waals surface area contributed by atoms with Crippen LogP contribution in [0.5, 0.6) is 0 Å². The molecule has 1 unspecified atom stereocenters. The Morgan fingerprint density at radius 2 is 1.40 bits per heavy atom. The van der Waals surface area contributed by atoms with Crippen LogP contribution in [-0.2, 0) is 0 Å². The summed E-state index contributed by atoms with van der Waals surface area (Å²) in [5, 5.41) is 13.1. The zero-order chi connectivity index (χ0) is 27.1. The minimum Gasteiger partial charge on any atom is -0.384 e. The Morgan fingerprint density at radius 3 is 2.15 bits per heavy atom. The zero-order valence-corrected chi connectivity index (χ0v) is 22.6. The van der Waals surface area contributed by atoms with E-state index >= 15 is 0 Å². The maximum absolute atomic E-state index is 10.9. The van der Waals surface area contributed by atoms with Crippen molar-refractivity contribution in [1.29, 1.82) is 0 Å². The lowest BCUT2D eigenvalue weighted by molar-refractivity contribution is 0.220. The summed E-state index contributed by atoms with van der Waals surface area (Å²) in [6, 6.07) is 35.7. The van der Waals surface area contributed by atoms with Gasteiger partial charge in [-0.3, -0.25) is 0 Å². The number of anilines is 1. The highest BCUT2D eigenvalue weighted by molar-refractivity contribution is 6.13. The van der Waals surface area contributed by atoms with Crippen LogP contribution in [-0.4, -0.2) is 53.2 Å². The van der Waals surface area contributed by atoms with Gasteiger partial charge in [-0.2, -0.15) is 0 Å². The van der Waals surface area contributed by atoms with E-state index in [2.05, 4.69) is 87.5 Å². The van der Waals surface area contributed by atoms with E-state index in [1.807, 2.05) is 48.7 Å². The minimum absolute atomic E-state index is 0.647. The molecule has 1 atom stereocenters. The van der Waals surface area contributed by atoms with Crippen molar-refractivity contribution in [2.75, 3.05) is 38.1 Å². The molecule has 0 amide bonds. The van der Waals surface area contributed by atoms with Gasteiger partial charge in [-0.15, -0.1) is 0 Å². The third kappa shape index (κ3) is 4.53. The molecule has 198 valence electrons. The van der Waals surface area contributed by atoms with Crippen LogP contribution in [0.2, 0.25) is 0 Å². The molecule has 1 aliphatic rings. The summed E-state index contributed by atoms with van der Waals surface area (Å²) in [7, 11) is 2.19. The fourth-order valence-electron chi connectivity index (χ4n) is 5.84. The van der Waals surface area contributed by atoms with Gasteiger partial charge >= 0.3 is 0 Å². The Bertz CT molecular complexity index is 1770. The summed E-state index contributed by atoms with van der Waals surface area (Å²) in [6.45, 7) is 4.34. The Morgan fingerprint density at radius 1 is 0.725 bits per heavy atom. The first-order valence-corrected chi connectivity index (χ1v) is 13.9. The standard InChI is InChI=1S/C35H32N4O/c1-38-19-21-39(22-20-38)29-14-11-24(12-15-29)28-13-16-32-31(23-28)33-30(17-18-36-35(33)37-32)25-7-9-27(10-8-25)34(40)26-5-3-2-4-6-26/h2-18,23,34,40H,19-22H2,1H3,(H,36,37). The fraction of sp³-hybridized carbons (Fsp3) is 0.171. The average molecular weight is 525 g/mol. The highest BCUT2D eigenvalue weighted by Crippen LogP contribution is 2.36. The van der Waals surface area contributed by atoms with Gasteiger partial charge in [0.05, 0.1) is 0 Å². The summed E-state index contributed by atoms with van der Waals surface area (Å²) < 4.78 is 0. The molecular formula is C35H32N4O. The van der Waals surface area contributed by atoms with Crippen molar-refractivity contribution >= 4 is 27.6 Å². The predicted molar refractivity (Wildman–Crippen MR) is 165 cm³/mol. The maximum Gasteiger partial charge on any atom is 0.138 e. The molecule has 0 spiro atoms. The van der Waals surface area contributed by atoms with Crippen molar-refractivity contribution in [3.63, 3.8) is 0 Å². The van der Waals surface area contributed by atoms with Gasteiger partial charge in [-0.05, 0) is 70.8 Å². The second-order valence-corrected chi connectivity index (χ2v) is 10.7. The molecular weight excluding hydrogens is 492 g/mol. The molecule has 0 radical (unpaired) electrons. The number of hydrogen-bond acceptors (Lipinski definition) is 4. The molecule has 2 N–H and O–H groups in total. The molecule has 1 fully saturated rings. The van der Waals surface area contributed by atoms with Gasteiger partial charge in [0, 0.05) is 54.4 Å². The summed E-state index contributed by atoms with van der Waals surface area (Å²) in [6.07, 6.45) is 1.21. The number of likely N-dealkylation sites (N-methyl/N-ethyl adjacent to an activating group) is 1. The van der Waals surface area contributed by atoms with Crippen molar-refractivity contribution in [1.82, 2.24) is 14.9 Å². The number of nitrogens with zero attached hydrogens (tertiary/aromatic N) is 3. The fourth-order valence-corrected chi connectivity index (χ4v) is 5.84. The van der Waals surface area contributed by atoms with Gasteiger partial charge in [0.2, 0.25) is 0 Å². The molecule has 5 heteroatoms. The number of hydrogen-bond donors (Lipinski definition) is 2. The molecule has 6 aromatic rings. The minimum atomic E-state index is -0.647. The molecule has 1 aliphatic heterocycles. The van der Waals surface area contributed by atoms with E-state index in [9.17, 15) is 5.11 Å². The summed E-state index contributed by atoms with van der Waals surface area (Å²) >= 11 is 0. The molecule has 3 heterocycles. The number of aliphatic hydroxyl groups is 1. The number of rotatable bonds is 5. The first kappa shape index (κ1) is 24.6. The van der Waals surface area contributed by atoms with Gasteiger partial charge in [0.15, 0.2) is 0 Å². The number of H-pyrrole nitrogens is 1.